The fraction of sp³-hybridized carbons (Fsp3) is 0.250. The number of rotatable bonds is 4. The minimum absolute atomic E-state index is 0.0776. The van der Waals surface area contributed by atoms with Crippen LogP contribution in [0.4, 0.5) is 13.2 Å². The lowest BCUT2D eigenvalue weighted by atomic mass is 10.1. The number of hydrogen-bond acceptors (Lipinski definition) is 3. The van der Waals surface area contributed by atoms with Gasteiger partial charge in [-0.25, -0.2) is 4.98 Å². The number of hydrogen-bond donors (Lipinski definition) is 1. The SMILES string of the molecule is Cc1nc(CNC(=O)C=Cc2cc(C(F)(F)F)ccc2Cl)oc1C. The van der Waals surface area contributed by atoms with Crippen LogP contribution in [0, 0.1) is 13.8 Å². The van der Waals surface area contributed by atoms with E-state index in [1.54, 1.807) is 13.8 Å². The summed E-state index contributed by atoms with van der Waals surface area (Å²) in [5.41, 5.74) is -0.00677. The van der Waals surface area contributed by atoms with E-state index in [1.165, 1.54) is 6.08 Å². The summed E-state index contributed by atoms with van der Waals surface area (Å²) in [4.78, 5) is 15.8. The minimum atomic E-state index is -4.48. The van der Waals surface area contributed by atoms with E-state index in [9.17, 15) is 18.0 Å². The summed E-state index contributed by atoms with van der Waals surface area (Å²) in [6, 6.07) is 2.90. The normalized spacial score (nSPS) is 11.9. The number of nitrogens with one attached hydrogen (secondary N) is 1. The predicted octanol–water partition coefficient (Wildman–Crippen LogP) is 4.29. The molecule has 1 aromatic carbocycles. The van der Waals surface area contributed by atoms with Gasteiger partial charge in [0.25, 0.3) is 0 Å². The van der Waals surface area contributed by atoms with Crippen LogP contribution in [0.15, 0.2) is 28.7 Å². The van der Waals surface area contributed by atoms with Crippen molar-refractivity contribution in [2.45, 2.75) is 26.6 Å². The molecule has 0 bridgehead atoms. The summed E-state index contributed by atoms with van der Waals surface area (Å²) in [5, 5.41) is 2.64. The highest BCUT2D eigenvalue weighted by Crippen LogP contribution is 2.32. The zero-order valence-corrected chi connectivity index (χ0v) is 13.6. The Labute approximate surface area is 141 Å². The van der Waals surface area contributed by atoms with E-state index in [1.807, 2.05) is 0 Å². The van der Waals surface area contributed by atoms with E-state index < -0.39 is 17.6 Å². The average molecular weight is 359 g/mol. The van der Waals surface area contributed by atoms with Gasteiger partial charge in [0.2, 0.25) is 11.8 Å². The van der Waals surface area contributed by atoms with Crippen molar-refractivity contribution in [3.05, 3.63) is 57.8 Å². The van der Waals surface area contributed by atoms with Crippen LogP contribution < -0.4 is 5.32 Å². The molecule has 1 aromatic heterocycles. The highest BCUT2D eigenvalue weighted by atomic mass is 35.5. The summed E-state index contributed by atoms with van der Waals surface area (Å²) in [7, 11) is 0. The highest BCUT2D eigenvalue weighted by Gasteiger charge is 2.30. The van der Waals surface area contributed by atoms with Crippen molar-refractivity contribution in [1.82, 2.24) is 10.3 Å². The third-order valence-electron chi connectivity index (χ3n) is 3.22. The van der Waals surface area contributed by atoms with Gasteiger partial charge in [0, 0.05) is 11.1 Å². The first kappa shape index (κ1) is 18.1. The van der Waals surface area contributed by atoms with Gasteiger partial charge >= 0.3 is 6.18 Å². The fourth-order valence-corrected chi connectivity index (χ4v) is 2.03. The van der Waals surface area contributed by atoms with Crippen molar-refractivity contribution in [1.29, 1.82) is 0 Å². The van der Waals surface area contributed by atoms with Crippen molar-refractivity contribution in [2.24, 2.45) is 0 Å². The molecule has 1 amide bonds. The number of alkyl halides is 3. The number of nitrogens with zero attached hydrogens (tertiary/aromatic N) is 1. The molecule has 0 atom stereocenters. The Morgan fingerprint density at radius 2 is 2.08 bits per heavy atom. The summed E-state index contributed by atoms with van der Waals surface area (Å²) < 4.78 is 43.3. The lowest BCUT2D eigenvalue weighted by molar-refractivity contribution is -0.137. The van der Waals surface area contributed by atoms with Crippen molar-refractivity contribution in [2.75, 3.05) is 0 Å². The number of carbonyl (C=O) groups excluding carboxylic acids is 1. The van der Waals surface area contributed by atoms with Gasteiger partial charge in [0.1, 0.15) is 5.76 Å². The molecular weight excluding hydrogens is 345 g/mol. The smallest absolute Gasteiger partial charge is 0.416 e. The second-order valence-electron chi connectivity index (χ2n) is 5.03. The lowest BCUT2D eigenvalue weighted by Crippen LogP contribution is -2.20. The standard InChI is InChI=1S/C16H14ClF3N2O2/c1-9-10(2)24-15(22-9)8-21-14(23)6-3-11-7-12(16(18,19)20)4-5-13(11)17/h3-7H,8H2,1-2H3,(H,21,23). The fourth-order valence-electron chi connectivity index (χ4n) is 1.85. The van der Waals surface area contributed by atoms with Gasteiger partial charge in [0.05, 0.1) is 17.8 Å². The molecule has 2 aromatic rings. The zero-order chi connectivity index (χ0) is 17.9. The molecule has 8 heteroatoms. The maximum Gasteiger partial charge on any atom is 0.416 e. The van der Waals surface area contributed by atoms with Crippen LogP contribution in [0.25, 0.3) is 6.08 Å². The molecule has 1 heterocycles. The highest BCUT2D eigenvalue weighted by molar-refractivity contribution is 6.32. The summed E-state index contributed by atoms with van der Waals surface area (Å²) in [6.07, 6.45) is -2.15. The molecule has 0 spiro atoms. The molecule has 0 aliphatic rings. The zero-order valence-electron chi connectivity index (χ0n) is 12.9. The molecule has 0 saturated carbocycles. The quantitative estimate of drug-likeness (QED) is 0.829. The maximum absolute atomic E-state index is 12.7. The number of oxazole rings is 1. The van der Waals surface area contributed by atoms with Crippen LogP contribution in [-0.4, -0.2) is 10.9 Å². The van der Waals surface area contributed by atoms with Crippen LogP contribution in [0.5, 0.6) is 0 Å². The topological polar surface area (TPSA) is 55.1 Å². The molecule has 0 fully saturated rings. The van der Waals surface area contributed by atoms with Gasteiger partial charge in [0.15, 0.2) is 0 Å². The average Bonchev–Trinajstić information content (AvgIpc) is 2.81. The number of aromatic nitrogens is 1. The van der Waals surface area contributed by atoms with Gasteiger partial charge in [-0.05, 0) is 43.7 Å². The van der Waals surface area contributed by atoms with Crippen molar-refractivity contribution >= 4 is 23.6 Å². The van der Waals surface area contributed by atoms with E-state index in [0.717, 1.165) is 30.0 Å². The molecule has 0 radical (unpaired) electrons. The molecule has 0 aliphatic carbocycles. The molecule has 2 rings (SSSR count). The third kappa shape index (κ3) is 4.61. The minimum Gasteiger partial charge on any atom is -0.444 e. The van der Waals surface area contributed by atoms with Crippen LogP contribution >= 0.6 is 11.6 Å². The van der Waals surface area contributed by atoms with Crippen molar-refractivity contribution in [3.63, 3.8) is 0 Å². The second kappa shape index (κ2) is 7.09. The summed E-state index contributed by atoms with van der Waals surface area (Å²) >= 11 is 5.85. The van der Waals surface area contributed by atoms with E-state index in [4.69, 9.17) is 16.0 Å². The first-order chi connectivity index (χ1) is 11.2. The van der Waals surface area contributed by atoms with Crippen molar-refractivity contribution in [3.8, 4) is 0 Å². The largest absolute Gasteiger partial charge is 0.444 e. The molecule has 0 aliphatic heterocycles. The van der Waals surface area contributed by atoms with E-state index >= 15 is 0 Å². The maximum atomic E-state index is 12.7. The number of halogens is 4. The van der Waals surface area contributed by atoms with Crippen LogP contribution in [-0.2, 0) is 17.5 Å². The molecule has 0 saturated heterocycles. The summed E-state index contributed by atoms with van der Waals surface area (Å²) in [5.74, 6) is 0.506. The lowest BCUT2D eigenvalue weighted by Gasteiger charge is -2.08. The van der Waals surface area contributed by atoms with Gasteiger partial charge < -0.3 is 9.73 Å². The Hall–Kier alpha value is -2.28. The van der Waals surface area contributed by atoms with Crippen LogP contribution in [0.2, 0.25) is 5.02 Å². The van der Waals surface area contributed by atoms with E-state index in [0.29, 0.717) is 11.7 Å². The first-order valence-corrected chi connectivity index (χ1v) is 7.30. The van der Waals surface area contributed by atoms with Crippen LogP contribution in [0.3, 0.4) is 0 Å². The van der Waals surface area contributed by atoms with Gasteiger partial charge in [-0.3, -0.25) is 4.79 Å². The van der Waals surface area contributed by atoms with Crippen LogP contribution in [0.1, 0.15) is 28.5 Å². The Bertz CT molecular complexity index is 763. The Kier molecular flexibility index (Phi) is 5.33. The molecule has 24 heavy (non-hydrogen) atoms. The monoisotopic (exact) mass is 358 g/mol. The van der Waals surface area contributed by atoms with Crippen molar-refractivity contribution < 1.29 is 22.4 Å². The third-order valence-corrected chi connectivity index (χ3v) is 3.57. The second-order valence-corrected chi connectivity index (χ2v) is 5.44. The molecule has 128 valence electrons. The van der Waals surface area contributed by atoms with Gasteiger partial charge in [-0.15, -0.1) is 0 Å². The Morgan fingerprint density at radius 1 is 1.38 bits per heavy atom. The van der Waals surface area contributed by atoms with Gasteiger partial charge in [-0.2, -0.15) is 13.2 Å². The Balaban J connectivity index is 2.03. The number of aryl methyl sites for hydroxylation is 2. The molecule has 1 N–H and O–H groups in total. The number of carbonyl (C=O) groups is 1. The summed E-state index contributed by atoms with van der Waals surface area (Å²) in [6.45, 7) is 3.61. The molecule has 4 nitrogen and oxygen atoms in total. The first-order valence-electron chi connectivity index (χ1n) is 6.92. The number of amides is 1. The van der Waals surface area contributed by atoms with E-state index in [-0.39, 0.29) is 17.1 Å². The number of benzene rings is 1. The van der Waals surface area contributed by atoms with E-state index in [2.05, 4.69) is 10.3 Å². The molecular formula is C16H14ClF3N2O2. The molecule has 0 unspecified atom stereocenters. The predicted molar refractivity (Wildman–Crippen MR) is 83.3 cm³/mol. The Morgan fingerprint density at radius 3 is 2.67 bits per heavy atom. The van der Waals surface area contributed by atoms with Gasteiger partial charge in [-0.1, -0.05) is 11.6 Å².